The number of methoxy groups -OCH3 is 1. The molecule has 0 unspecified atom stereocenters. The Balaban J connectivity index is 1.71. The number of hydrogen-bond acceptors (Lipinski definition) is 4. The first-order chi connectivity index (χ1) is 15.6. The molecule has 3 aromatic rings. The molecule has 3 rings (SSSR count). The summed E-state index contributed by atoms with van der Waals surface area (Å²) in [5, 5.41) is 4.88. The predicted molar refractivity (Wildman–Crippen MR) is 129 cm³/mol. The Kier molecular flexibility index (Phi) is 8.69. The van der Waals surface area contributed by atoms with Gasteiger partial charge in [0, 0.05) is 29.7 Å². The molecule has 2 aromatic carbocycles. The molecule has 0 radical (unpaired) electrons. The number of nitrogens with zero attached hydrogens (tertiary/aromatic N) is 2. The zero-order valence-corrected chi connectivity index (χ0v) is 19.3. The van der Waals surface area contributed by atoms with Gasteiger partial charge < -0.3 is 19.9 Å². The van der Waals surface area contributed by atoms with E-state index in [4.69, 9.17) is 4.74 Å². The van der Waals surface area contributed by atoms with E-state index in [0.717, 1.165) is 16.9 Å². The van der Waals surface area contributed by atoms with Crippen molar-refractivity contribution in [2.24, 2.45) is 0 Å². The van der Waals surface area contributed by atoms with E-state index < -0.39 is 0 Å². The highest BCUT2D eigenvalue weighted by atomic mass is 32.1. The van der Waals surface area contributed by atoms with Gasteiger partial charge in [-0.1, -0.05) is 49.4 Å². The van der Waals surface area contributed by atoms with Crippen LogP contribution in [-0.4, -0.2) is 41.9 Å². The lowest BCUT2D eigenvalue weighted by Crippen LogP contribution is -2.44. The molecule has 3 amide bonds. The lowest BCUT2D eigenvalue weighted by molar-refractivity contribution is -0.133. The Morgan fingerprint density at radius 3 is 2.47 bits per heavy atom. The normalized spacial score (nSPS) is 10.4. The molecule has 1 aromatic heterocycles. The van der Waals surface area contributed by atoms with Crippen molar-refractivity contribution in [3.05, 3.63) is 82.6 Å². The lowest BCUT2D eigenvalue weighted by Gasteiger charge is -2.27. The summed E-state index contributed by atoms with van der Waals surface area (Å²) in [6.07, 6.45) is 0.752. The molecule has 0 bridgehead atoms. The van der Waals surface area contributed by atoms with Crippen molar-refractivity contribution >= 4 is 29.0 Å². The van der Waals surface area contributed by atoms with Crippen molar-refractivity contribution in [2.45, 2.75) is 26.4 Å². The molecule has 6 nitrogen and oxygen atoms in total. The van der Waals surface area contributed by atoms with Gasteiger partial charge in [-0.05, 0) is 35.6 Å². The van der Waals surface area contributed by atoms with Crippen LogP contribution in [0, 0.1) is 0 Å². The summed E-state index contributed by atoms with van der Waals surface area (Å²) < 4.78 is 5.22. The fraction of sp³-hybridized carbons (Fsp3) is 0.280. The molecule has 0 atom stereocenters. The third-order valence-electron chi connectivity index (χ3n) is 4.92. The first-order valence-electron chi connectivity index (χ1n) is 10.6. The molecule has 0 saturated carbocycles. The molecule has 7 heteroatoms. The number of rotatable bonds is 10. The van der Waals surface area contributed by atoms with Gasteiger partial charge in [0.25, 0.3) is 0 Å². The van der Waals surface area contributed by atoms with Crippen LogP contribution in [0.3, 0.4) is 0 Å². The van der Waals surface area contributed by atoms with Crippen molar-refractivity contribution in [1.29, 1.82) is 0 Å². The van der Waals surface area contributed by atoms with Gasteiger partial charge in [-0.3, -0.25) is 4.79 Å². The van der Waals surface area contributed by atoms with E-state index in [2.05, 4.69) is 5.32 Å². The minimum Gasteiger partial charge on any atom is -0.497 e. The van der Waals surface area contributed by atoms with Crippen molar-refractivity contribution in [3.8, 4) is 5.75 Å². The number of urea groups is 1. The maximum Gasteiger partial charge on any atom is 0.322 e. The molecular formula is C25H29N3O3S. The van der Waals surface area contributed by atoms with Crippen LogP contribution < -0.4 is 10.1 Å². The van der Waals surface area contributed by atoms with Crippen LogP contribution in [0.25, 0.3) is 0 Å². The molecule has 1 heterocycles. The van der Waals surface area contributed by atoms with E-state index in [0.29, 0.717) is 31.1 Å². The van der Waals surface area contributed by atoms with E-state index >= 15 is 0 Å². The van der Waals surface area contributed by atoms with Gasteiger partial charge in [-0.25, -0.2) is 4.79 Å². The number of thiophene rings is 1. The summed E-state index contributed by atoms with van der Waals surface area (Å²) in [5.74, 6) is 0.572. The third kappa shape index (κ3) is 6.85. The Morgan fingerprint density at radius 1 is 0.969 bits per heavy atom. The SMILES string of the molecule is CCCN(CC(=O)N(Cc1ccccc1)Cc1cccs1)C(=O)Nc1cccc(OC)c1. The summed E-state index contributed by atoms with van der Waals surface area (Å²) in [5.41, 5.74) is 1.68. The van der Waals surface area contributed by atoms with Crippen LogP contribution in [0.2, 0.25) is 0 Å². The van der Waals surface area contributed by atoms with Crippen molar-refractivity contribution in [2.75, 3.05) is 25.5 Å². The average molecular weight is 452 g/mol. The predicted octanol–water partition coefficient (Wildman–Crippen LogP) is 5.23. The van der Waals surface area contributed by atoms with Crippen LogP contribution in [0.15, 0.2) is 72.1 Å². The van der Waals surface area contributed by atoms with Crippen LogP contribution in [0.1, 0.15) is 23.8 Å². The largest absolute Gasteiger partial charge is 0.497 e. The minimum absolute atomic E-state index is 0.0157. The number of ether oxygens (including phenoxy) is 1. The number of hydrogen-bond donors (Lipinski definition) is 1. The van der Waals surface area contributed by atoms with Gasteiger partial charge in [-0.2, -0.15) is 0 Å². The molecule has 0 saturated heterocycles. The van der Waals surface area contributed by atoms with E-state index in [1.165, 1.54) is 0 Å². The van der Waals surface area contributed by atoms with Crippen molar-refractivity contribution in [1.82, 2.24) is 9.80 Å². The molecule has 168 valence electrons. The second kappa shape index (κ2) is 11.9. The molecule has 0 fully saturated rings. The fourth-order valence-electron chi connectivity index (χ4n) is 3.32. The lowest BCUT2D eigenvalue weighted by atomic mass is 10.2. The fourth-order valence-corrected chi connectivity index (χ4v) is 4.04. The van der Waals surface area contributed by atoms with E-state index in [1.54, 1.807) is 35.5 Å². The number of anilines is 1. The minimum atomic E-state index is -0.302. The Labute approximate surface area is 193 Å². The number of amides is 3. The maximum atomic E-state index is 13.3. The summed E-state index contributed by atoms with van der Waals surface area (Å²) in [7, 11) is 1.58. The van der Waals surface area contributed by atoms with Gasteiger partial charge in [0.1, 0.15) is 12.3 Å². The van der Waals surface area contributed by atoms with E-state index in [9.17, 15) is 9.59 Å². The molecule has 0 aliphatic carbocycles. The maximum absolute atomic E-state index is 13.3. The zero-order chi connectivity index (χ0) is 22.8. The highest BCUT2D eigenvalue weighted by Crippen LogP contribution is 2.18. The van der Waals surface area contributed by atoms with Crippen LogP contribution in [0.4, 0.5) is 10.5 Å². The smallest absolute Gasteiger partial charge is 0.322 e. The van der Waals surface area contributed by atoms with E-state index in [1.807, 2.05) is 71.8 Å². The first-order valence-corrected chi connectivity index (χ1v) is 11.5. The van der Waals surface area contributed by atoms with Crippen molar-refractivity contribution < 1.29 is 14.3 Å². The molecule has 0 aliphatic heterocycles. The molecule has 32 heavy (non-hydrogen) atoms. The number of carbonyl (C=O) groups excluding carboxylic acids is 2. The highest BCUT2D eigenvalue weighted by Gasteiger charge is 2.22. The topological polar surface area (TPSA) is 61.9 Å². The Bertz CT molecular complexity index is 993. The third-order valence-corrected chi connectivity index (χ3v) is 5.78. The van der Waals surface area contributed by atoms with Gasteiger partial charge in [0.15, 0.2) is 0 Å². The van der Waals surface area contributed by atoms with Gasteiger partial charge >= 0.3 is 6.03 Å². The average Bonchev–Trinajstić information content (AvgIpc) is 3.32. The second-order valence-corrected chi connectivity index (χ2v) is 8.43. The number of carbonyl (C=O) groups is 2. The van der Waals surface area contributed by atoms with Gasteiger partial charge in [0.05, 0.1) is 13.7 Å². The Morgan fingerprint density at radius 2 is 1.78 bits per heavy atom. The summed E-state index contributed by atoms with van der Waals surface area (Å²) >= 11 is 1.62. The molecule has 0 aliphatic rings. The second-order valence-electron chi connectivity index (χ2n) is 7.40. The Hall–Kier alpha value is -3.32. The zero-order valence-electron chi connectivity index (χ0n) is 18.5. The number of nitrogens with one attached hydrogen (secondary N) is 1. The van der Waals surface area contributed by atoms with E-state index in [-0.39, 0.29) is 18.5 Å². The van der Waals surface area contributed by atoms with Crippen LogP contribution >= 0.6 is 11.3 Å². The summed E-state index contributed by atoms with van der Waals surface area (Å²) in [4.78, 5) is 30.7. The summed E-state index contributed by atoms with van der Waals surface area (Å²) in [6.45, 7) is 3.50. The highest BCUT2D eigenvalue weighted by molar-refractivity contribution is 7.09. The van der Waals surface area contributed by atoms with Crippen LogP contribution in [0.5, 0.6) is 5.75 Å². The molecule has 0 spiro atoms. The molecule has 1 N–H and O–H groups in total. The monoisotopic (exact) mass is 451 g/mol. The summed E-state index contributed by atoms with van der Waals surface area (Å²) in [6, 6.07) is 20.8. The number of benzene rings is 2. The first kappa shape index (κ1) is 23.3. The molecular weight excluding hydrogens is 422 g/mol. The van der Waals surface area contributed by atoms with Gasteiger partial charge in [0.2, 0.25) is 5.91 Å². The van der Waals surface area contributed by atoms with Gasteiger partial charge in [-0.15, -0.1) is 11.3 Å². The quantitative estimate of drug-likeness (QED) is 0.459. The van der Waals surface area contributed by atoms with Crippen LogP contribution in [-0.2, 0) is 17.9 Å². The van der Waals surface area contributed by atoms with Crippen molar-refractivity contribution in [3.63, 3.8) is 0 Å². The standard InChI is InChI=1S/C25H29N3O3S/c1-3-14-27(25(30)26-21-11-7-12-22(16-21)31-2)19-24(29)28(18-23-13-8-15-32-23)17-20-9-5-4-6-10-20/h4-13,15-16H,3,14,17-19H2,1-2H3,(H,26,30).